The lowest BCUT2D eigenvalue weighted by Crippen LogP contribution is -2.11. The number of methoxy groups -OCH3 is 1. The average molecular weight is 238 g/mol. The van der Waals surface area contributed by atoms with Gasteiger partial charge in [-0.05, 0) is 12.8 Å². The summed E-state index contributed by atoms with van der Waals surface area (Å²) in [6, 6.07) is 0. The van der Waals surface area contributed by atoms with Crippen molar-refractivity contribution in [1.29, 1.82) is 0 Å². The molecule has 0 aromatic carbocycles. The fourth-order valence-corrected chi connectivity index (χ4v) is 1.51. The molecule has 1 saturated carbocycles. The highest BCUT2D eigenvalue weighted by Gasteiger charge is 2.28. The summed E-state index contributed by atoms with van der Waals surface area (Å²) in [6.45, 7) is 0.946. The summed E-state index contributed by atoms with van der Waals surface area (Å²) < 4.78 is 10.4. The van der Waals surface area contributed by atoms with Gasteiger partial charge in [0.05, 0.1) is 6.61 Å². The molecule has 1 aromatic rings. The summed E-state index contributed by atoms with van der Waals surface area (Å²) >= 11 is 0. The fraction of sp³-hybridized carbons (Fsp3) is 0.636. The van der Waals surface area contributed by atoms with Gasteiger partial charge < -0.3 is 20.5 Å². The van der Waals surface area contributed by atoms with E-state index in [-0.39, 0.29) is 0 Å². The average Bonchev–Trinajstić information content (AvgIpc) is 3.15. The molecule has 0 radical (unpaired) electrons. The zero-order chi connectivity index (χ0) is 12.3. The number of aromatic nitrogens is 2. The van der Waals surface area contributed by atoms with E-state index in [4.69, 9.17) is 15.2 Å². The third-order valence-corrected chi connectivity index (χ3v) is 2.63. The minimum absolute atomic E-state index is 0.435. The molecule has 6 nitrogen and oxygen atoms in total. The second-order valence-electron chi connectivity index (χ2n) is 4.01. The van der Waals surface area contributed by atoms with Crippen LogP contribution in [0.25, 0.3) is 0 Å². The van der Waals surface area contributed by atoms with E-state index in [0.717, 1.165) is 18.7 Å². The van der Waals surface area contributed by atoms with Crippen molar-refractivity contribution in [3.05, 3.63) is 5.82 Å². The number of ether oxygens (including phenoxy) is 2. The molecule has 1 heterocycles. The van der Waals surface area contributed by atoms with E-state index >= 15 is 0 Å². The van der Waals surface area contributed by atoms with E-state index in [0.29, 0.717) is 36.5 Å². The Morgan fingerprint density at radius 2 is 2.12 bits per heavy atom. The van der Waals surface area contributed by atoms with Gasteiger partial charge in [0, 0.05) is 20.1 Å². The predicted octanol–water partition coefficient (Wildman–Crippen LogP) is 1.00. The highest BCUT2D eigenvalue weighted by atomic mass is 16.5. The molecule has 1 aliphatic carbocycles. The Balaban J connectivity index is 2.18. The molecule has 0 saturated heterocycles. The minimum Gasteiger partial charge on any atom is -0.474 e. The van der Waals surface area contributed by atoms with Crippen LogP contribution in [0.3, 0.4) is 0 Å². The van der Waals surface area contributed by atoms with E-state index in [1.165, 1.54) is 0 Å². The Hall–Kier alpha value is -1.56. The Morgan fingerprint density at radius 3 is 2.71 bits per heavy atom. The third kappa shape index (κ3) is 2.76. The van der Waals surface area contributed by atoms with Gasteiger partial charge >= 0.3 is 0 Å². The van der Waals surface area contributed by atoms with Crippen molar-refractivity contribution in [2.45, 2.75) is 18.8 Å². The Labute approximate surface area is 101 Å². The summed E-state index contributed by atoms with van der Waals surface area (Å²) in [5, 5.41) is 2.96. The summed E-state index contributed by atoms with van der Waals surface area (Å²) in [5.74, 6) is 2.36. The molecule has 0 atom stereocenters. The SMILES string of the molecule is CNc1nc(C2CC2)nc(OCCOC)c1N. The second kappa shape index (κ2) is 5.18. The molecule has 1 fully saturated rings. The summed E-state index contributed by atoms with van der Waals surface area (Å²) in [5.41, 5.74) is 6.36. The van der Waals surface area contributed by atoms with E-state index < -0.39 is 0 Å². The van der Waals surface area contributed by atoms with E-state index in [1.54, 1.807) is 14.2 Å². The number of nitrogen functional groups attached to an aromatic ring is 1. The van der Waals surface area contributed by atoms with Crippen molar-refractivity contribution in [3.8, 4) is 5.88 Å². The van der Waals surface area contributed by atoms with Gasteiger partial charge in [-0.1, -0.05) is 0 Å². The van der Waals surface area contributed by atoms with Gasteiger partial charge in [-0.15, -0.1) is 0 Å². The number of nitrogens with one attached hydrogen (secondary N) is 1. The second-order valence-corrected chi connectivity index (χ2v) is 4.01. The molecule has 0 unspecified atom stereocenters. The van der Waals surface area contributed by atoms with Crippen molar-refractivity contribution >= 4 is 11.5 Å². The highest BCUT2D eigenvalue weighted by Crippen LogP contribution is 2.40. The molecule has 1 aromatic heterocycles. The molecule has 3 N–H and O–H groups in total. The van der Waals surface area contributed by atoms with Crippen molar-refractivity contribution in [2.75, 3.05) is 38.4 Å². The lowest BCUT2D eigenvalue weighted by atomic mass is 10.3. The highest BCUT2D eigenvalue weighted by molar-refractivity contribution is 5.66. The molecule has 0 aliphatic heterocycles. The van der Waals surface area contributed by atoms with Gasteiger partial charge in [-0.3, -0.25) is 0 Å². The van der Waals surface area contributed by atoms with Crippen LogP contribution in [-0.2, 0) is 4.74 Å². The van der Waals surface area contributed by atoms with Gasteiger partial charge in [0.15, 0.2) is 5.82 Å². The maximum Gasteiger partial charge on any atom is 0.242 e. The van der Waals surface area contributed by atoms with Crippen LogP contribution in [0.2, 0.25) is 0 Å². The summed E-state index contributed by atoms with van der Waals surface area (Å²) in [4.78, 5) is 8.74. The molecule has 1 aliphatic rings. The first kappa shape index (κ1) is 11.9. The van der Waals surface area contributed by atoms with Crippen LogP contribution < -0.4 is 15.8 Å². The van der Waals surface area contributed by atoms with E-state index in [9.17, 15) is 0 Å². The zero-order valence-corrected chi connectivity index (χ0v) is 10.2. The van der Waals surface area contributed by atoms with Crippen LogP contribution >= 0.6 is 0 Å². The zero-order valence-electron chi connectivity index (χ0n) is 10.2. The van der Waals surface area contributed by atoms with Gasteiger partial charge in [0.1, 0.15) is 18.1 Å². The van der Waals surface area contributed by atoms with Crippen LogP contribution in [0.15, 0.2) is 0 Å². The van der Waals surface area contributed by atoms with Crippen LogP contribution in [0.4, 0.5) is 11.5 Å². The lowest BCUT2D eigenvalue weighted by molar-refractivity contribution is 0.144. The van der Waals surface area contributed by atoms with Crippen LogP contribution in [0, 0.1) is 0 Å². The number of rotatable bonds is 6. The number of anilines is 2. The first-order chi connectivity index (χ1) is 8.26. The largest absolute Gasteiger partial charge is 0.474 e. The quantitative estimate of drug-likeness (QED) is 0.719. The van der Waals surface area contributed by atoms with Crippen molar-refractivity contribution < 1.29 is 9.47 Å². The van der Waals surface area contributed by atoms with Crippen LogP contribution in [0.1, 0.15) is 24.6 Å². The monoisotopic (exact) mass is 238 g/mol. The molecule has 0 spiro atoms. The molecular formula is C11H18N4O2. The third-order valence-electron chi connectivity index (χ3n) is 2.63. The number of nitrogens with two attached hydrogens (primary N) is 1. The molecule has 2 rings (SSSR count). The Bertz CT molecular complexity index is 393. The minimum atomic E-state index is 0.435. The molecule has 17 heavy (non-hydrogen) atoms. The first-order valence-corrected chi connectivity index (χ1v) is 5.73. The summed E-state index contributed by atoms with van der Waals surface area (Å²) in [6.07, 6.45) is 2.29. The van der Waals surface area contributed by atoms with Crippen molar-refractivity contribution in [2.24, 2.45) is 0 Å². The standard InChI is InChI=1S/C11H18N4O2/c1-13-10-8(12)11(17-6-5-16-2)15-9(14-10)7-3-4-7/h7H,3-6,12H2,1-2H3,(H,13,14,15). The van der Waals surface area contributed by atoms with Crippen LogP contribution in [-0.4, -0.2) is 37.3 Å². The first-order valence-electron chi connectivity index (χ1n) is 5.73. The van der Waals surface area contributed by atoms with Crippen molar-refractivity contribution in [1.82, 2.24) is 9.97 Å². The maximum atomic E-state index is 5.91. The smallest absolute Gasteiger partial charge is 0.242 e. The fourth-order valence-electron chi connectivity index (χ4n) is 1.51. The summed E-state index contributed by atoms with van der Waals surface area (Å²) in [7, 11) is 3.41. The van der Waals surface area contributed by atoms with Crippen molar-refractivity contribution in [3.63, 3.8) is 0 Å². The number of hydrogen-bond acceptors (Lipinski definition) is 6. The molecule has 6 heteroatoms. The molecule has 0 amide bonds. The molecular weight excluding hydrogens is 220 g/mol. The number of hydrogen-bond donors (Lipinski definition) is 2. The Morgan fingerprint density at radius 1 is 1.35 bits per heavy atom. The predicted molar refractivity (Wildman–Crippen MR) is 65.3 cm³/mol. The topological polar surface area (TPSA) is 82.3 Å². The van der Waals surface area contributed by atoms with E-state index in [1.807, 2.05) is 0 Å². The van der Waals surface area contributed by atoms with Gasteiger partial charge in [0.25, 0.3) is 0 Å². The van der Waals surface area contributed by atoms with Gasteiger partial charge in [-0.25, -0.2) is 4.98 Å². The normalized spacial score (nSPS) is 14.7. The maximum absolute atomic E-state index is 5.91. The van der Waals surface area contributed by atoms with E-state index in [2.05, 4.69) is 15.3 Å². The van der Waals surface area contributed by atoms with Crippen LogP contribution in [0.5, 0.6) is 5.88 Å². The molecule has 0 bridgehead atoms. The Kier molecular flexibility index (Phi) is 3.63. The van der Waals surface area contributed by atoms with Gasteiger partial charge in [0.2, 0.25) is 5.88 Å². The number of nitrogens with zero attached hydrogens (tertiary/aromatic N) is 2. The lowest BCUT2D eigenvalue weighted by Gasteiger charge is -2.12. The van der Waals surface area contributed by atoms with Gasteiger partial charge in [-0.2, -0.15) is 4.98 Å². The molecule has 94 valence electrons.